The van der Waals surface area contributed by atoms with Gasteiger partial charge in [-0.25, -0.2) is 24.2 Å². The Balaban J connectivity index is 1.69. The topological polar surface area (TPSA) is 126 Å². The van der Waals surface area contributed by atoms with Crippen LogP contribution in [0.1, 0.15) is 59.9 Å². The Morgan fingerprint density at radius 3 is 2.47 bits per heavy atom. The van der Waals surface area contributed by atoms with Gasteiger partial charge in [0.2, 0.25) is 0 Å². The van der Waals surface area contributed by atoms with Crippen molar-refractivity contribution in [3.63, 3.8) is 0 Å². The first kappa shape index (κ1) is 27.7. The lowest BCUT2D eigenvalue weighted by molar-refractivity contribution is 0.0162. The van der Waals surface area contributed by atoms with Crippen LogP contribution < -0.4 is 21.6 Å². The van der Waals surface area contributed by atoms with Gasteiger partial charge >= 0.3 is 17.9 Å². The van der Waals surface area contributed by atoms with Gasteiger partial charge in [-0.3, -0.25) is 9.36 Å². The minimum absolute atomic E-state index is 0.00877. The molecule has 208 valence electrons. The molecule has 1 atom stereocenters. The number of aromatic nitrogens is 2. The van der Waals surface area contributed by atoms with E-state index in [4.69, 9.17) is 21.4 Å². The van der Waals surface area contributed by atoms with Gasteiger partial charge < -0.3 is 19.6 Å². The predicted molar refractivity (Wildman–Crippen MR) is 141 cm³/mol. The van der Waals surface area contributed by atoms with Crippen molar-refractivity contribution in [3.05, 3.63) is 37.7 Å². The third kappa shape index (κ3) is 5.45. The number of carboxylic acid groups (broad SMARTS) is 1. The smallest absolute Gasteiger partial charge is 0.424 e. The lowest BCUT2D eigenvalue weighted by atomic mass is 10.1. The minimum atomic E-state index is -1.60. The maximum atomic E-state index is 15.5. The number of fused-ring (bicyclic) bond motifs is 1. The summed E-state index contributed by atoms with van der Waals surface area (Å²) in [6.45, 7) is 10.5. The Bertz CT molecular complexity index is 1390. The summed E-state index contributed by atoms with van der Waals surface area (Å²) < 4.78 is 22.7. The number of nitrogens with zero attached hydrogens (tertiary/aromatic N) is 4. The van der Waals surface area contributed by atoms with Gasteiger partial charge in [0.05, 0.1) is 21.6 Å². The highest BCUT2D eigenvalue weighted by Gasteiger charge is 2.35. The number of anilines is 1. The fourth-order valence-electron chi connectivity index (χ4n) is 4.84. The molecular formula is C25H33ClFN5O6. The van der Waals surface area contributed by atoms with Gasteiger partial charge in [-0.15, -0.1) is 0 Å². The summed E-state index contributed by atoms with van der Waals surface area (Å²) in [5.41, 5.74) is -0.559. The maximum Gasteiger partial charge on any atom is 0.424 e. The first-order valence-electron chi connectivity index (χ1n) is 12.6. The lowest BCUT2D eigenvalue weighted by Gasteiger charge is -2.32. The Labute approximate surface area is 223 Å². The quantitative estimate of drug-likeness (QED) is 0.554. The molecule has 2 amide bonds. The Morgan fingerprint density at radius 1 is 1.26 bits per heavy atom. The summed E-state index contributed by atoms with van der Waals surface area (Å²) in [6, 6.07) is 0.628. The molecule has 1 unspecified atom stereocenters. The van der Waals surface area contributed by atoms with Crippen molar-refractivity contribution in [2.75, 3.05) is 30.0 Å². The van der Waals surface area contributed by atoms with E-state index in [0.29, 0.717) is 43.6 Å². The third-order valence-electron chi connectivity index (χ3n) is 6.67. The molecule has 2 fully saturated rings. The number of rotatable bonds is 6. The van der Waals surface area contributed by atoms with Crippen molar-refractivity contribution in [3.8, 4) is 0 Å². The molecule has 2 heterocycles. The molecule has 2 N–H and O–H groups in total. The van der Waals surface area contributed by atoms with Crippen LogP contribution in [-0.2, 0) is 4.74 Å². The molecule has 1 aromatic heterocycles. The number of carbonyl (C=O) groups is 2. The van der Waals surface area contributed by atoms with Crippen molar-refractivity contribution in [2.45, 2.75) is 71.6 Å². The number of benzene rings is 1. The summed E-state index contributed by atoms with van der Waals surface area (Å²) in [4.78, 5) is 53.4. The van der Waals surface area contributed by atoms with E-state index < -0.39 is 34.9 Å². The number of hydrogen-bond acceptors (Lipinski definition) is 6. The zero-order valence-corrected chi connectivity index (χ0v) is 22.8. The van der Waals surface area contributed by atoms with Crippen molar-refractivity contribution < 1.29 is 23.8 Å². The normalized spacial score (nSPS) is 17.8. The monoisotopic (exact) mass is 553 g/mol. The molecule has 2 aliphatic rings. The van der Waals surface area contributed by atoms with Gasteiger partial charge in [0.15, 0.2) is 0 Å². The molecule has 2 aromatic rings. The standard InChI is InChI=1S/C25H33ClFN5O6/c1-13(2)30(24(37)38-25(3,4)5)12-14-8-9-29(11-14)20-17(27)10-16-19(18(20)26)31(15-6-7-15)23(36)32(21(16)33)28-22(34)35/h10,13-15,28H,6-9,11-12H2,1-5H3,(H,34,35). The van der Waals surface area contributed by atoms with Crippen LogP contribution in [0.15, 0.2) is 15.7 Å². The summed E-state index contributed by atoms with van der Waals surface area (Å²) in [7, 11) is 0. The number of carbonyl (C=O) groups excluding carboxylic acids is 1. The first-order chi connectivity index (χ1) is 17.7. The van der Waals surface area contributed by atoms with Crippen LogP contribution >= 0.6 is 11.6 Å². The Kier molecular flexibility index (Phi) is 7.39. The molecule has 1 aromatic carbocycles. The van der Waals surface area contributed by atoms with E-state index in [2.05, 4.69) is 0 Å². The van der Waals surface area contributed by atoms with Gasteiger partial charge in [-0.2, -0.15) is 4.68 Å². The van der Waals surface area contributed by atoms with Gasteiger partial charge in [-0.05, 0) is 65.9 Å². The Hall–Kier alpha value is -3.28. The van der Waals surface area contributed by atoms with Crippen molar-refractivity contribution in [1.82, 2.24) is 14.1 Å². The molecule has 1 saturated heterocycles. The number of amides is 2. The van der Waals surface area contributed by atoms with Crippen molar-refractivity contribution in [2.24, 2.45) is 5.92 Å². The van der Waals surface area contributed by atoms with Gasteiger partial charge in [0, 0.05) is 31.7 Å². The SMILES string of the molecule is CC(C)N(CC1CCN(c2c(F)cc3c(=O)n(NC(=O)O)c(=O)n(C4CC4)c3c2Cl)C1)C(=O)OC(C)(C)C. The lowest BCUT2D eigenvalue weighted by Crippen LogP contribution is -2.46. The highest BCUT2D eigenvalue weighted by Crippen LogP contribution is 2.41. The largest absolute Gasteiger partial charge is 0.464 e. The summed E-state index contributed by atoms with van der Waals surface area (Å²) in [6.07, 6.45) is -0.0609. The van der Waals surface area contributed by atoms with E-state index in [1.54, 1.807) is 36.0 Å². The zero-order chi connectivity index (χ0) is 28.1. The van der Waals surface area contributed by atoms with E-state index in [1.165, 1.54) is 4.57 Å². The minimum Gasteiger partial charge on any atom is -0.464 e. The molecule has 11 nitrogen and oxygen atoms in total. The Morgan fingerprint density at radius 2 is 1.92 bits per heavy atom. The number of nitrogens with one attached hydrogen (secondary N) is 1. The maximum absolute atomic E-state index is 15.5. The molecule has 1 aliphatic heterocycles. The summed E-state index contributed by atoms with van der Waals surface area (Å²) in [5, 5.41) is 8.82. The zero-order valence-electron chi connectivity index (χ0n) is 22.1. The van der Waals surface area contributed by atoms with Crippen molar-refractivity contribution in [1.29, 1.82) is 0 Å². The van der Waals surface area contributed by atoms with Crippen LogP contribution in [0.5, 0.6) is 0 Å². The third-order valence-corrected chi connectivity index (χ3v) is 7.03. The number of halogens is 2. The van der Waals surface area contributed by atoms with E-state index in [-0.39, 0.29) is 39.6 Å². The second kappa shape index (κ2) is 10.1. The van der Waals surface area contributed by atoms with Crippen LogP contribution in [0.4, 0.5) is 19.7 Å². The van der Waals surface area contributed by atoms with Gasteiger partial charge in [0.25, 0.3) is 5.56 Å². The van der Waals surface area contributed by atoms with Crippen LogP contribution in [0.25, 0.3) is 10.9 Å². The highest BCUT2D eigenvalue weighted by molar-refractivity contribution is 6.38. The predicted octanol–water partition coefficient (Wildman–Crippen LogP) is 3.98. The fraction of sp³-hybridized carbons (Fsp3) is 0.600. The van der Waals surface area contributed by atoms with Crippen molar-refractivity contribution >= 4 is 40.4 Å². The van der Waals surface area contributed by atoms with E-state index in [0.717, 1.165) is 6.07 Å². The molecule has 38 heavy (non-hydrogen) atoms. The molecule has 0 spiro atoms. The highest BCUT2D eigenvalue weighted by atomic mass is 35.5. The van der Waals surface area contributed by atoms with Crippen LogP contribution in [0, 0.1) is 11.7 Å². The first-order valence-corrected chi connectivity index (χ1v) is 13.0. The average Bonchev–Trinajstić information content (AvgIpc) is 3.52. The second-order valence-corrected chi connectivity index (χ2v) is 11.6. The molecular weight excluding hydrogens is 521 g/mol. The average molecular weight is 554 g/mol. The second-order valence-electron chi connectivity index (χ2n) is 11.2. The van der Waals surface area contributed by atoms with Gasteiger partial charge in [0.1, 0.15) is 11.4 Å². The van der Waals surface area contributed by atoms with Gasteiger partial charge in [-0.1, -0.05) is 11.6 Å². The molecule has 13 heteroatoms. The van der Waals surface area contributed by atoms with Crippen LogP contribution in [0.2, 0.25) is 5.02 Å². The van der Waals surface area contributed by atoms with Crippen LogP contribution in [0.3, 0.4) is 0 Å². The molecule has 4 rings (SSSR count). The molecule has 0 bridgehead atoms. The van der Waals surface area contributed by atoms with E-state index in [1.807, 2.05) is 13.8 Å². The number of hydrogen-bond donors (Lipinski definition) is 2. The van der Waals surface area contributed by atoms with E-state index in [9.17, 15) is 19.2 Å². The summed E-state index contributed by atoms with van der Waals surface area (Å²) >= 11 is 6.72. The van der Waals surface area contributed by atoms with Crippen LogP contribution in [-0.4, -0.2) is 62.7 Å². The van der Waals surface area contributed by atoms with E-state index >= 15 is 4.39 Å². The molecule has 1 saturated carbocycles. The molecule has 0 radical (unpaired) electrons. The molecule has 1 aliphatic carbocycles. The summed E-state index contributed by atoms with van der Waals surface area (Å²) in [5.74, 6) is -0.745. The fourth-order valence-corrected chi connectivity index (χ4v) is 5.25. The number of ether oxygens (including phenoxy) is 1.